The van der Waals surface area contributed by atoms with Crippen LogP contribution < -0.4 is 5.32 Å². The number of thioether (sulfide) groups is 1. The van der Waals surface area contributed by atoms with Gasteiger partial charge in [0.2, 0.25) is 5.91 Å². The van der Waals surface area contributed by atoms with Crippen LogP contribution in [0.1, 0.15) is 30.6 Å². The zero-order chi connectivity index (χ0) is 18.2. The lowest BCUT2D eigenvalue weighted by Crippen LogP contribution is -2.24. The molecule has 0 unspecified atom stereocenters. The number of amides is 1. The molecule has 6 heteroatoms. The normalized spacial score (nSPS) is 11.6. The zero-order valence-corrected chi connectivity index (χ0v) is 15.7. The maximum absolute atomic E-state index is 12.5. The van der Waals surface area contributed by atoms with Crippen molar-refractivity contribution in [3.05, 3.63) is 59.1 Å². The van der Waals surface area contributed by atoms with E-state index in [0.717, 1.165) is 4.90 Å². The molecule has 1 amide bonds. The number of ether oxygens (including phenoxy) is 1. The van der Waals surface area contributed by atoms with Crippen LogP contribution in [-0.4, -0.2) is 23.7 Å². The number of esters is 1. The predicted molar refractivity (Wildman–Crippen MR) is 102 cm³/mol. The van der Waals surface area contributed by atoms with E-state index >= 15 is 0 Å². The van der Waals surface area contributed by atoms with E-state index in [2.05, 4.69) is 5.32 Å². The number of hydrogen-bond acceptors (Lipinski definition) is 4. The fraction of sp³-hybridized carbons (Fsp3) is 0.263. The number of benzene rings is 2. The van der Waals surface area contributed by atoms with Crippen molar-refractivity contribution in [2.24, 2.45) is 0 Å². The second-order valence-corrected chi connectivity index (χ2v) is 6.97. The van der Waals surface area contributed by atoms with Crippen molar-refractivity contribution >= 4 is 40.9 Å². The van der Waals surface area contributed by atoms with Gasteiger partial charge >= 0.3 is 5.97 Å². The smallest absolute Gasteiger partial charge is 0.338 e. The van der Waals surface area contributed by atoms with E-state index in [1.54, 1.807) is 43.3 Å². The van der Waals surface area contributed by atoms with Crippen LogP contribution in [0, 0.1) is 0 Å². The Labute approximate surface area is 156 Å². The monoisotopic (exact) mass is 377 g/mol. The Kier molecular flexibility index (Phi) is 7.34. The molecular formula is C19H20ClNO3S. The Hall–Kier alpha value is -1.98. The van der Waals surface area contributed by atoms with Crippen molar-refractivity contribution in [2.75, 3.05) is 11.9 Å². The number of nitrogens with one attached hydrogen (secondary N) is 1. The molecule has 0 aliphatic carbocycles. The van der Waals surface area contributed by atoms with E-state index in [0.29, 0.717) is 29.3 Å². The molecule has 2 rings (SSSR count). The summed E-state index contributed by atoms with van der Waals surface area (Å²) in [6, 6.07) is 14.1. The van der Waals surface area contributed by atoms with Gasteiger partial charge in [0.15, 0.2) is 0 Å². The Balaban J connectivity index is 2.05. The van der Waals surface area contributed by atoms with Crippen LogP contribution in [0.2, 0.25) is 5.02 Å². The van der Waals surface area contributed by atoms with Crippen molar-refractivity contribution in [2.45, 2.75) is 30.4 Å². The first-order valence-electron chi connectivity index (χ1n) is 8.03. The molecule has 0 aliphatic rings. The highest BCUT2D eigenvalue weighted by Gasteiger charge is 2.18. The number of carbonyl (C=O) groups is 2. The maximum atomic E-state index is 12.5. The topological polar surface area (TPSA) is 55.4 Å². The van der Waals surface area contributed by atoms with Crippen LogP contribution in [0.5, 0.6) is 0 Å². The van der Waals surface area contributed by atoms with E-state index < -0.39 is 5.97 Å². The molecule has 25 heavy (non-hydrogen) atoms. The first-order valence-corrected chi connectivity index (χ1v) is 9.29. The summed E-state index contributed by atoms with van der Waals surface area (Å²) in [7, 11) is 0. The second kappa shape index (κ2) is 9.49. The van der Waals surface area contributed by atoms with Gasteiger partial charge in [-0.05, 0) is 55.8 Å². The number of halogens is 1. The lowest BCUT2D eigenvalue weighted by Gasteiger charge is -2.15. The summed E-state index contributed by atoms with van der Waals surface area (Å²) in [5.41, 5.74) is 0.990. The molecule has 1 atom stereocenters. The SMILES string of the molecule is CCOC(=O)c1cccc(NC(=O)[C@H](CC)Sc2ccc(Cl)cc2)c1. The first-order chi connectivity index (χ1) is 12.0. The van der Waals surface area contributed by atoms with Crippen molar-refractivity contribution in [1.82, 2.24) is 0 Å². The van der Waals surface area contributed by atoms with E-state index in [9.17, 15) is 9.59 Å². The van der Waals surface area contributed by atoms with Gasteiger partial charge < -0.3 is 10.1 Å². The van der Waals surface area contributed by atoms with Crippen molar-refractivity contribution in [1.29, 1.82) is 0 Å². The average molecular weight is 378 g/mol. The summed E-state index contributed by atoms with van der Waals surface area (Å²) < 4.78 is 4.98. The highest BCUT2D eigenvalue weighted by molar-refractivity contribution is 8.00. The van der Waals surface area contributed by atoms with Gasteiger partial charge in [-0.2, -0.15) is 0 Å². The quantitative estimate of drug-likeness (QED) is 0.543. The summed E-state index contributed by atoms with van der Waals surface area (Å²) in [5.74, 6) is -0.510. The summed E-state index contributed by atoms with van der Waals surface area (Å²) in [6.45, 7) is 4.02. The molecule has 2 aromatic carbocycles. The summed E-state index contributed by atoms with van der Waals surface area (Å²) >= 11 is 7.37. The van der Waals surface area contributed by atoms with Crippen molar-refractivity contribution in [3.63, 3.8) is 0 Å². The van der Waals surface area contributed by atoms with Gasteiger partial charge in [-0.3, -0.25) is 4.79 Å². The summed E-state index contributed by atoms with van der Waals surface area (Å²) in [4.78, 5) is 25.3. The zero-order valence-electron chi connectivity index (χ0n) is 14.1. The average Bonchev–Trinajstić information content (AvgIpc) is 2.61. The molecule has 4 nitrogen and oxygen atoms in total. The van der Waals surface area contributed by atoms with Crippen LogP contribution in [0.4, 0.5) is 5.69 Å². The summed E-state index contributed by atoms with van der Waals surface area (Å²) in [5, 5.41) is 3.29. The van der Waals surface area contributed by atoms with Crippen LogP contribution in [0.3, 0.4) is 0 Å². The number of hydrogen-bond donors (Lipinski definition) is 1. The number of anilines is 1. The van der Waals surface area contributed by atoms with Crippen LogP contribution in [-0.2, 0) is 9.53 Å². The third-order valence-corrected chi connectivity index (χ3v) is 5.02. The van der Waals surface area contributed by atoms with E-state index in [1.807, 2.05) is 19.1 Å². The van der Waals surface area contributed by atoms with Gasteiger partial charge in [0.25, 0.3) is 0 Å². The molecule has 0 radical (unpaired) electrons. The maximum Gasteiger partial charge on any atom is 0.338 e. The van der Waals surface area contributed by atoms with Gasteiger partial charge in [-0.25, -0.2) is 4.79 Å². The molecule has 1 N–H and O–H groups in total. The Morgan fingerprint density at radius 2 is 1.88 bits per heavy atom. The molecule has 0 fully saturated rings. The lowest BCUT2D eigenvalue weighted by molar-refractivity contribution is -0.115. The molecule has 0 aromatic heterocycles. The minimum atomic E-state index is -0.402. The highest BCUT2D eigenvalue weighted by Crippen LogP contribution is 2.27. The van der Waals surface area contributed by atoms with Crippen molar-refractivity contribution < 1.29 is 14.3 Å². The Bertz CT molecular complexity index is 734. The highest BCUT2D eigenvalue weighted by atomic mass is 35.5. The molecule has 0 spiro atoms. The first kappa shape index (κ1) is 19.3. The third-order valence-electron chi connectivity index (χ3n) is 3.40. The van der Waals surface area contributed by atoms with Crippen LogP contribution >= 0.6 is 23.4 Å². The third kappa shape index (κ3) is 5.80. The minimum absolute atomic E-state index is 0.108. The van der Waals surface area contributed by atoms with Gasteiger partial charge in [-0.1, -0.05) is 24.6 Å². The molecule has 132 valence electrons. The molecule has 0 aliphatic heterocycles. The lowest BCUT2D eigenvalue weighted by atomic mass is 10.2. The largest absolute Gasteiger partial charge is 0.462 e. The predicted octanol–water partition coefficient (Wildman–Crippen LogP) is 5.03. The summed E-state index contributed by atoms with van der Waals surface area (Å²) in [6.07, 6.45) is 0.677. The van der Waals surface area contributed by atoms with E-state index in [-0.39, 0.29) is 11.2 Å². The molecular weight excluding hydrogens is 358 g/mol. The molecule has 0 bridgehead atoms. The van der Waals surface area contributed by atoms with Crippen LogP contribution in [0.25, 0.3) is 0 Å². The standard InChI is InChI=1S/C19H20ClNO3S/c1-3-17(25-16-10-8-14(20)9-11-16)18(22)21-15-7-5-6-13(12-15)19(23)24-4-2/h5-12,17H,3-4H2,1-2H3,(H,21,22)/t17-/m0/s1. The molecule has 0 heterocycles. The molecule has 0 saturated heterocycles. The number of rotatable bonds is 7. The minimum Gasteiger partial charge on any atom is -0.462 e. The van der Waals surface area contributed by atoms with Gasteiger partial charge in [0.1, 0.15) is 0 Å². The van der Waals surface area contributed by atoms with E-state index in [4.69, 9.17) is 16.3 Å². The number of carbonyl (C=O) groups excluding carboxylic acids is 2. The van der Waals surface area contributed by atoms with Gasteiger partial charge in [0, 0.05) is 15.6 Å². The van der Waals surface area contributed by atoms with Gasteiger partial charge in [-0.15, -0.1) is 11.8 Å². The second-order valence-electron chi connectivity index (χ2n) is 5.26. The van der Waals surface area contributed by atoms with E-state index in [1.165, 1.54) is 11.8 Å². The van der Waals surface area contributed by atoms with Crippen LogP contribution in [0.15, 0.2) is 53.4 Å². The fourth-order valence-corrected chi connectivity index (χ4v) is 3.24. The Morgan fingerprint density at radius 3 is 2.52 bits per heavy atom. The van der Waals surface area contributed by atoms with Crippen molar-refractivity contribution in [3.8, 4) is 0 Å². The Morgan fingerprint density at radius 1 is 1.16 bits per heavy atom. The molecule has 0 saturated carbocycles. The molecule has 2 aromatic rings. The van der Waals surface area contributed by atoms with Gasteiger partial charge in [0.05, 0.1) is 17.4 Å². The fourth-order valence-electron chi connectivity index (χ4n) is 2.16.